The first kappa shape index (κ1) is 78.1. The number of amides is 2. The van der Waals surface area contributed by atoms with Crippen molar-refractivity contribution < 1.29 is 69.2 Å². The van der Waals surface area contributed by atoms with Crippen LogP contribution < -0.4 is 33.1 Å². The van der Waals surface area contributed by atoms with Crippen molar-refractivity contribution in [2.45, 2.75) is 178 Å². The summed E-state index contributed by atoms with van der Waals surface area (Å²) in [6, 6.07) is 20.7. The molecule has 7 rings (SSSR count). The van der Waals surface area contributed by atoms with Gasteiger partial charge in [0.05, 0.1) is 12.7 Å². The zero-order valence-corrected chi connectivity index (χ0v) is 56.8. The average Bonchev–Trinajstić information content (AvgIpc) is 1.80. The Balaban J connectivity index is 0.000000322. The van der Waals surface area contributed by atoms with E-state index in [0.29, 0.717) is 88.2 Å². The number of ether oxygens (including phenoxy) is 5. The fourth-order valence-corrected chi connectivity index (χ4v) is 11.5. The number of benzene rings is 3. The van der Waals surface area contributed by atoms with Crippen LogP contribution in [0.5, 0.6) is 0 Å². The molecule has 0 saturated heterocycles. The maximum atomic E-state index is 14.6. The zero-order chi connectivity index (χ0) is 71.8. The quantitative estimate of drug-likeness (QED) is 0.0160. The predicted octanol–water partition coefficient (Wildman–Crippen LogP) is 10.2. The minimum Gasteiger partial charge on any atom is -0.459 e. The molecule has 0 spiro atoms. The number of nitrogens with zero attached hydrogens (tertiary/aromatic N) is 8. The summed E-state index contributed by atoms with van der Waals surface area (Å²) in [5, 5.41) is 5.63. The summed E-state index contributed by atoms with van der Waals surface area (Å²) in [7, 11) is 7.94. The number of alkyl carbamates (subject to hydrolysis) is 1. The van der Waals surface area contributed by atoms with Crippen molar-refractivity contribution in [1.82, 2.24) is 48.0 Å². The van der Waals surface area contributed by atoms with E-state index in [9.17, 15) is 64.7 Å². The van der Waals surface area contributed by atoms with E-state index in [1.807, 2.05) is 44.2 Å². The fraction of sp³-hybridized carbons (Fsp3) is 0.536. The summed E-state index contributed by atoms with van der Waals surface area (Å²) in [6.45, 7) is 4.12. The highest BCUT2D eigenvalue weighted by Crippen LogP contribution is 2.45. The Morgan fingerprint density at radius 2 is 0.918 bits per heavy atom. The van der Waals surface area contributed by atoms with E-state index >= 15 is 0 Å². The number of hydrogen-bond acceptors (Lipinski definition) is 15. The summed E-state index contributed by atoms with van der Waals surface area (Å²) in [6.07, 6.45) is 3.15. The number of aryl methyl sites for hydroxylation is 4. The van der Waals surface area contributed by atoms with Gasteiger partial charge in [-0.2, -0.15) is 26.3 Å². The third kappa shape index (κ3) is 19.5. The number of nitrogens with one attached hydrogen (secondary N) is 2. The summed E-state index contributed by atoms with van der Waals surface area (Å²) in [5.74, 6) is -4.06. The Labute approximate surface area is 563 Å². The van der Waals surface area contributed by atoms with Gasteiger partial charge in [0.2, 0.25) is 5.91 Å². The van der Waals surface area contributed by atoms with Crippen molar-refractivity contribution >= 4 is 46.3 Å². The second-order valence-corrected chi connectivity index (χ2v) is 24.4. The molecule has 0 saturated carbocycles. The molecule has 0 bridgehead atoms. The molecule has 4 aromatic heterocycles. The minimum atomic E-state index is -5.33. The standard InChI is InChI=1S/C38H44F6N4O8.C31H46N6O5/c1-46-25-45-30-29(46)31(49)48(34(52)47(30)2)23-17-9-7-5-6-8-16-22-28(56-33(51)36(54-4,38(42,43)44)27-20-14-11-15-21-27)24-55-32(50)35(53-3,37(39,40)41)26-18-12-10-13-19-26;1-23(2)25(34-30(40)42-21-24-17-13-12-14-18-24)28(38)32-19-15-10-8-6-5-7-9-11-16-20-37-29(39)26-27(33-22-35(26)3)36(4)31(37)41/h10-15,18-21,25,28H,5-9,16-17,22-24H2,1-4H3;12-14,17-18,22-23,25H,5-11,15-16,19-21H2,1-4H3,(H,32,38)(H,34,40). The molecule has 3 aromatic carbocycles. The molecule has 7 aromatic rings. The largest absolute Gasteiger partial charge is 0.459 e. The Morgan fingerprint density at radius 3 is 1.34 bits per heavy atom. The number of esters is 2. The molecule has 98 heavy (non-hydrogen) atoms. The van der Waals surface area contributed by atoms with Crippen LogP contribution in [0.2, 0.25) is 0 Å². The van der Waals surface area contributed by atoms with Crippen LogP contribution in [-0.4, -0.2) is 113 Å². The van der Waals surface area contributed by atoms with Crippen LogP contribution >= 0.6 is 0 Å². The normalized spacial score (nSPS) is 13.7. The summed E-state index contributed by atoms with van der Waals surface area (Å²) < 4.78 is 121. The lowest BCUT2D eigenvalue weighted by Gasteiger charge is -2.34. The van der Waals surface area contributed by atoms with E-state index in [1.54, 1.807) is 36.6 Å². The molecule has 29 heteroatoms. The van der Waals surface area contributed by atoms with E-state index in [2.05, 4.69) is 20.6 Å². The number of carbonyl (C=O) groups is 4. The number of methoxy groups -OCH3 is 2. The van der Waals surface area contributed by atoms with Crippen LogP contribution in [0.4, 0.5) is 31.1 Å². The van der Waals surface area contributed by atoms with Gasteiger partial charge in [-0.3, -0.25) is 32.7 Å². The van der Waals surface area contributed by atoms with Crippen LogP contribution in [0, 0.1) is 5.92 Å². The van der Waals surface area contributed by atoms with Crippen LogP contribution in [0.1, 0.15) is 140 Å². The van der Waals surface area contributed by atoms with Crippen LogP contribution in [0.15, 0.2) is 123 Å². The number of unbranched alkanes of at least 4 members (excludes halogenated alkanes) is 14. The minimum absolute atomic E-state index is 0.0645. The SMILES string of the molecule is CC(C)C(NC(=O)OCc1ccccc1)C(=O)NCCCCCCCCCCCn1c(=O)c2c(ncn2C)n(C)c1=O.COC(C(=O)OCC(CCCCCCCCCn1c(=O)c2c(ncn2C)n(C)c1=O)OC(=O)C(OC)(c1ccccc1)C(F)(F)F)(c1ccccc1)C(F)(F)F. The highest BCUT2D eigenvalue weighted by atomic mass is 19.4. The van der Waals surface area contributed by atoms with Crippen molar-refractivity contribution in [3.8, 4) is 0 Å². The molecule has 4 unspecified atom stereocenters. The highest BCUT2D eigenvalue weighted by Gasteiger charge is 2.65. The number of imidazole rings is 2. The van der Waals surface area contributed by atoms with Crippen LogP contribution in [0.25, 0.3) is 22.3 Å². The Morgan fingerprint density at radius 1 is 0.520 bits per heavy atom. The first-order chi connectivity index (χ1) is 46.7. The van der Waals surface area contributed by atoms with E-state index < -0.39 is 82.7 Å². The predicted molar refractivity (Wildman–Crippen MR) is 354 cm³/mol. The summed E-state index contributed by atoms with van der Waals surface area (Å²) >= 11 is 0. The van der Waals surface area contributed by atoms with Crippen LogP contribution in [0.3, 0.4) is 0 Å². The Bertz CT molecular complexity index is 3960. The smallest absolute Gasteiger partial charge is 0.432 e. The lowest BCUT2D eigenvalue weighted by Crippen LogP contribution is -2.53. The molecule has 536 valence electrons. The molecule has 0 aliphatic carbocycles. The number of aromatic nitrogens is 8. The zero-order valence-electron chi connectivity index (χ0n) is 56.8. The van der Waals surface area contributed by atoms with Gasteiger partial charge >= 0.3 is 41.8 Å². The highest BCUT2D eigenvalue weighted by molar-refractivity contribution is 5.86. The third-order valence-corrected chi connectivity index (χ3v) is 17.1. The molecule has 23 nitrogen and oxygen atoms in total. The molecule has 0 aliphatic heterocycles. The molecule has 0 fully saturated rings. The first-order valence-electron chi connectivity index (χ1n) is 32.9. The Kier molecular flexibility index (Phi) is 29.2. The molecule has 0 aliphatic rings. The number of alkyl halides is 6. The number of rotatable bonds is 36. The van der Waals surface area contributed by atoms with Gasteiger partial charge in [-0.1, -0.05) is 182 Å². The van der Waals surface area contributed by atoms with Gasteiger partial charge < -0.3 is 43.5 Å². The van der Waals surface area contributed by atoms with Gasteiger partial charge in [-0.05, 0) is 43.6 Å². The van der Waals surface area contributed by atoms with Gasteiger partial charge in [0.1, 0.15) is 25.4 Å². The third-order valence-electron chi connectivity index (χ3n) is 17.1. The fourth-order valence-electron chi connectivity index (χ4n) is 11.5. The van der Waals surface area contributed by atoms with Gasteiger partial charge in [0.25, 0.3) is 22.3 Å². The molecular formula is C69H90F6N10O13. The summed E-state index contributed by atoms with van der Waals surface area (Å²) in [4.78, 5) is 111. The van der Waals surface area contributed by atoms with Crippen molar-refractivity contribution in [3.05, 3.63) is 162 Å². The monoisotopic (exact) mass is 1380 g/mol. The van der Waals surface area contributed by atoms with Gasteiger partial charge in [-0.15, -0.1) is 0 Å². The summed E-state index contributed by atoms with van der Waals surface area (Å²) in [5.41, 5.74) is -7.52. The number of halogens is 6. The van der Waals surface area contributed by atoms with Crippen molar-refractivity contribution in [3.63, 3.8) is 0 Å². The topological polar surface area (TPSA) is 262 Å². The first-order valence-corrected chi connectivity index (χ1v) is 32.9. The second kappa shape index (κ2) is 36.6. The lowest BCUT2D eigenvalue weighted by atomic mass is 9.92. The second-order valence-electron chi connectivity index (χ2n) is 24.4. The maximum absolute atomic E-state index is 14.6. The van der Waals surface area contributed by atoms with E-state index in [-0.39, 0.29) is 49.1 Å². The van der Waals surface area contributed by atoms with Gasteiger partial charge in [-0.25, -0.2) is 33.9 Å². The molecular weight excluding hydrogens is 1290 g/mol. The number of fused-ring (bicyclic) bond motifs is 2. The van der Waals surface area contributed by atoms with Gasteiger partial charge in [0.15, 0.2) is 22.3 Å². The number of hydrogen-bond donors (Lipinski definition) is 2. The molecule has 0 radical (unpaired) electrons. The van der Waals surface area contributed by atoms with Crippen molar-refractivity contribution in [1.29, 1.82) is 0 Å². The molecule has 4 atom stereocenters. The lowest BCUT2D eigenvalue weighted by molar-refractivity contribution is -0.282. The molecule has 4 heterocycles. The van der Waals surface area contributed by atoms with Crippen molar-refractivity contribution in [2.75, 3.05) is 27.4 Å². The van der Waals surface area contributed by atoms with E-state index in [1.165, 1.54) is 68.0 Å². The van der Waals surface area contributed by atoms with E-state index in [0.717, 1.165) is 87.6 Å². The Hall–Kier alpha value is -8.86. The average molecular weight is 1380 g/mol. The van der Waals surface area contributed by atoms with E-state index in [4.69, 9.17) is 23.7 Å². The molecule has 2 N–H and O–H groups in total. The van der Waals surface area contributed by atoms with Crippen LogP contribution in [-0.2, 0) is 97.2 Å². The van der Waals surface area contributed by atoms with Gasteiger partial charge in [0, 0.05) is 73.2 Å². The maximum Gasteiger partial charge on any atom is 0.432 e. The van der Waals surface area contributed by atoms with Crippen molar-refractivity contribution in [2.24, 2.45) is 34.1 Å². The number of carbonyl (C=O) groups excluding carboxylic acids is 4. The molecule has 2 amide bonds.